The van der Waals surface area contributed by atoms with E-state index in [1.54, 1.807) is 49.9 Å². The normalized spacial score (nSPS) is 10.7. The van der Waals surface area contributed by atoms with Gasteiger partial charge in [-0.25, -0.2) is 4.79 Å². The monoisotopic (exact) mass is 397 g/mol. The van der Waals surface area contributed by atoms with Crippen molar-refractivity contribution < 1.29 is 14.3 Å². The number of ether oxygens (including phenoxy) is 1. The molecule has 0 radical (unpaired) electrons. The van der Waals surface area contributed by atoms with Crippen LogP contribution in [0.4, 0.5) is 5.69 Å². The Kier molecular flexibility index (Phi) is 7.73. The Morgan fingerprint density at radius 1 is 1.16 bits per heavy atom. The fourth-order valence-electron chi connectivity index (χ4n) is 1.73. The van der Waals surface area contributed by atoms with Crippen molar-refractivity contribution in [3.63, 3.8) is 0 Å². The van der Waals surface area contributed by atoms with Crippen LogP contribution in [0.25, 0.3) is 0 Å². The second kappa shape index (κ2) is 9.79. The predicted molar refractivity (Wildman–Crippen MR) is 103 cm³/mol. The molecule has 0 bridgehead atoms. The van der Waals surface area contributed by atoms with E-state index in [1.165, 1.54) is 23.1 Å². The average Bonchev–Trinajstić information content (AvgIpc) is 3.01. The summed E-state index contributed by atoms with van der Waals surface area (Å²) in [5.41, 5.74) is 1.09. The number of amides is 1. The van der Waals surface area contributed by atoms with Gasteiger partial charge in [-0.2, -0.15) is 0 Å². The first-order valence-electron chi connectivity index (χ1n) is 7.68. The number of esters is 1. The lowest BCUT2D eigenvalue weighted by Gasteiger charge is -2.08. The number of rotatable bonds is 8. The maximum atomic E-state index is 12.0. The molecule has 1 aromatic heterocycles. The lowest BCUT2D eigenvalue weighted by atomic mass is 10.2. The van der Waals surface area contributed by atoms with Crippen LogP contribution in [0.3, 0.4) is 0 Å². The summed E-state index contributed by atoms with van der Waals surface area (Å²) in [6.07, 6.45) is -0.166. The third kappa shape index (κ3) is 6.68. The number of nitrogens with zero attached hydrogens (tertiary/aromatic N) is 2. The van der Waals surface area contributed by atoms with E-state index in [1.807, 2.05) is 0 Å². The topological polar surface area (TPSA) is 81.2 Å². The Morgan fingerprint density at radius 2 is 1.80 bits per heavy atom. The van der Waals surface area contributed by atoms with E-state index in [-0.39, 0.29) is 23.7 Å². The number of aromatic nitrogens is 2. The molecule has 1 heterocycles. The zero-order valence-electron chi connectivity index (χ0n) is 14.1. The van der Waals surface area contributed by atoms with Crippen molar-refractivity contribution in [2.24, 2.45) is 0 Å². The van der Waals surface area contributed by atoms with Gasteiger partial charge in [0, 0.05) is 5.69 Å². The zero-order chi connectivity index (χ0) is 18.2. The Labute approximate surface area is 159 Å². The van der Waals surface area contributed by atoms with Crippen LogP contribution in [0.2, 0.25) is 0 Å². The molecule has 0 saturated carbocycles. The SMILES string of the molecule is CCSc1nnc(SCC(=O)Nc2ccc(C(=O)OC(C)C)cc2)s1. The lowest BCUT2D eigenvalue weighted by molar-refractivity contribution is -0.113. The van der Waals surface area contributed by atoms with Gasteiger partial charge in [-0.1, -0.05) is 41.8 Å². The zero-order valence-corrected chi connectivity index (χ0v) is 16.6. The smallest absolute Gasteiger partial charge is 0.338 e. The maximum Gasteiger partial charge on any atom is 0.338 e. The molecule has 0 aliphatic heterocycles. The highest BCUT2D eigenvalue weighted by molar-refractivity contribution is 8.03. The fraction of sp³-hybridized carbons (Fsp3) is 0.375. The summed E-state index contributed by atoms with van der Waals surface area (Å²) in [6.45, 7) is 5.65. The highest BCUT2D eigenvalue weighted by Crippen LogP contribution is 2.28. The highest BCUT2D eigenvalue weighted by atomic mass is 32.2. The quantitative estimate of drug-likeness (QED) is 0.533. The molecule has 1 N–H and O–H groups in total. The van der Waals surface area contributed by atoms with Gasteiger partial charge in [0.25, 0.3) is 0 Å². The van der Waals surface area contributed by atoms with Crippen molar-refractivity contribution in [2.75, 3.05) is 16.8 Å². The number of nitrogens with one attached hydrogen (secondary N) is 1. The summed E-state index contributed by atoms with van der Waals surface area (Å²) in [5, 5.41) is 10.9. The number of hydrogen-bond donors (Lipinski definition) is 1. The summed E-state index contributed by atoms with van der Waals surface area (Å²) in [5.74, 6) is 0.686. The molecule has 1 aromatic carbocycles. The van der Waals surface area contributed by atoms with Crippen LogP contribution in [-0.2, 0) is 9.53 Å². The van der Waals surface area contributed by atoms with E-state index >= 15 is 0 Å². The second-order valence-corrected chi connectivity index (χ2v) is 8.85. The van der Waals surface area contributed by atoms with Gasteiger partial charge in [0.15, 0.2) is 8.68 Å². The number of hydrogen-bond acceptors (Lipinski definition) is 8. The molecular formula is C16H19N3O3S3. The van der Waals surface area contributed by atoms with Crippen molar-refractivity contribution in [2.45, 2.75) is 35.6 Å². The van der Waals surface area contributed by atoms with E-state index < -0.39 is 0 Å². The minimum atomic E-state index is -0.375. The standard InChI is InChI=1S/C16H19N3O3S3/c1-4-23-15-18-19-16(25-15)24-9-13(20)17-12-7-5-11(6-8-12)14(21)22-10(2)3/h5-8,10H,4,9H2,1-3H3,(H,17,20). The molecule has 6 nitrogen and oxygen atoms in total. The van der Waals surface area contributed by atoms with Crippen LogP contribution >= 0.6 is 34.9 Å². The number of benzene rings is 1. The van der Waals surface area contributed by atoms with E-state index in [0.717, 1.165) is 14.4 Å². The maximum absolute atomic E-state index is 12.0. The van der Waals surface area contributed by atoms with E-state index in [0.29, 0.717) is 11.3 Å². The average molecular weight is 398 g/mol. The molecule has 0 aliphatic rings. The molecule has 2 rings (SSSR count). The molecule has 25 heavy (non-hydrogen) atoms. The molecule has 0 atom stereocenters. The van der Waals surface area contributed by atoms with Crippen molar-refractivity contribution >= 4 is 52.4 Å². The second-order valence-electron chi connectivity index (χ2n) is 5.14. The Balaban J connectivity index is 1.82. The lowest BCUT2D eigenvalue weighted by Crippen LogP contribution is -2.14. The molecule has 0 saturated heterocycles. The predicted octanol–water partition coefficient (Wildman–Crippen LogP) is 3.95. The molecule has 9 heteroatoms. The summed E-state index contributed by atoms with van der Waals surface area (Å²) >= 11 is 4.48. The van der Waals surface area contributed by atoms with Gasteiger partial charge in [-0.05, 0) is 43.9 Å². The van der Waals surface area contributed by atoms with Gasteiger partial charge < -0.3 is 10.1 Å². The van der Waals surface area contributed by atoms with Gasteiger partial charge in [-0.15, -0.1) is 10.2 Å². The third-order valence-electron chi connectivity index (χ3n) is 2.73. The summed E-state index contributed by atoms with van der Waals surface area (Å²) in [6, 6.07) is 6.62. The van der Waals surface area contributed by atoms with Crippen LogP contribution in [0.15, 0.2) is 32.9 Å². The first kappa shape index (κ1) is 19.7. The van der Waals surface area contributed by atoms with Crippen molar-refractivity contribution in [1.82, 2.24) is 10.2 Å². The van der Waals surface area contributed by atoms with Gasteiger partial charge in [0.2, 0.25) is 5.91 Å². The van der Waals surface area contributed by atoms with Crippen molar-refractivity contribution in [1.29, 1.82) is 0 Å². The summed E-state index contributed by atoms with van der Waals surface area (Å²) in [7, 11) is 0. The molecular weight excluding hydrogens is 378 g/mol. The summed E-state index contributed by atoms with van der Waals surface area (Å²) < 4.78 is 6.81. The van der Waals surface area contributed by atoms with Gasteiger partial charge in [-0.3, -0.25) is 4.79 Å². The summed E-state index contributed by atoms with van der Waals surface area (Å²) in [4.78, 5) is 23.8. The number of thioether (sulfide) groups is 2. The Bertz CT molecular complexity index is 717. The van der Waals surface area contributed by atoms with Gasteiger partial charge in [0.05, 0.1) is 17.4 Å². The third-order valence-corrected chi connectivity index (χ3v) is 5.80. The van der Waals surface area contributed by atoms with Crippen LogP contribution in [0.5, 0.6) is 0 Å². The fourth-order valence-corrected chi connectivity index (χ4v) is 4.45. The van der Waals surface area contributed by atoms with Crippen molar-refractivity contribution in [3.8, 4) is 0 Å². The molecule has 0 fully saturated rings. The van der Waals surface area contributed by atoms with Crippen molar-refractivity contribution in [3.05, 3.63) is 29.8 Å². The van der Waals surface area contributed by atoms with E-state index in [2.05, 4.69) is 22.4 Å². The van der Waals surface area contributed by atoms with Gasteiger partial charge >= 0.3 is 5.97 Å². The molecule has 2 aromatic rings. The minimum absolute atomic E-state index is 0.137. The van der Waals surface area contributed by atoms with E-state index in [4.69, 9.17) is 4.74 Å². The number of carbonyl (C=O) groups is 2. The highest BCUT2D eigenvalue weighted by Gasteiger charge is 2.11. The van der Waals surface area contributed by atoms with Gasteiger partial charge in [0.1, 0.15) is 0 Å². The van der Waals surface area contributed by atoms with Crippen LogP contribution in [0.1, 0.15) is 31.1 Å². The molecule has 134 valence electrons. The molecule has 0 unspecified atom stereocenters. The first-order valence-corrected chi connectivity index (χ1v) is 10.5. The Hall–Kier alpha value is -1.58. The Morgan fingerprint density at radius 3 is 2.40 bits per heavy atom. The van der Waals surface area contributed by atoms with Crippen LogP contribution in [0, 0.1) is 0 Å². The number of anilines is 1. The minimum Gasteiger partial charge on any atom is -0.459 e. The molecule has 0 spiro atoms. The van der Waals surface area contributed by atoms with E-state index in [9.17, 15) is 9.59 Å². The molecule has 1 amide bonds. The van der Waals surface area contributed by atoms with Crippen LogP contribution in [-0.4, -0.2) is 39.7 Å². The number of carbonyl (C=O) groups excluding carboxylic acids is 2. The molecule has 0 aliphatic carbocycles. The first-order chi connectivity index (χ1) is 12.0. The largest absolute Gasteiger partial charge is 0.459 e. The van der Waals surface area contributed by atoms with Crippen LogP contribution < -0.4 is 5.32 Å².